The van der Waals surface area contributed by atoms with Crippen LogP contribution in [0.1, 0.15) is 25.3 Å². The normalized spacial score (nSPS) is 17.8. The van der Waals surface area contributed by atoms with Gasteiger partial charge < -0.3 is 13.8 Å². The van der Waals surface area contributed by atoms with Gasteiger partial charge in [0.2, 0.25) is 0 Å². The second-order valence-electron chi connectivity index (χ2n) is 6.67. The number of carbonyl (C=O) groups is 1. The van der Waals surface area contributed by atoms with E-state index in [0.29, 0.717) is 18.3 Å². The van der Waals surface area contributed by atoms with Crippen molar-refractivity contribution in [2.75, 3.05) is 6.61 Å². The number of nitrogens with one attached hydrogen (secondary N) is 1. The number of rotatable bonds is 10. The fourth-order valence-electron chi connectivity index (χ4n) is 2.73. The molecule has 0 saturated heterocycles. The molecule has 5 nitrogen and oxygen atoms in total. The van der Waals surface area contributed by atoms with E-state index in [-0.39, 0.29) is 12.6 Å². The van der Waals surface area contributed by atoms with Gasteiger partial charge in [0.25, 0.3) is 0 Å². The van der Waals surface area contributed by atoms with E-state index < -0.39 is 14.6 Å². The standard InChI is InChI=1S/C22H26NO4P/c1-18(22(24)25-16-19-10-4-2-5-11-19)23-28(26-17-20-12-8-9-13-20)27-21-14-6-3-7-15-21/h2-8,10-12,14-15,18,20,23H,9,13,16-17H2,1H3/t18?,20-,28?/m0/s1. The molecule has 2 aromatic carbocycles. The lowest BCUT2D eigenvalue weighted by atomic mass is 10.1. The number of carbonyl (C=O) groups excluding carboxylic acids is 1. The monoisotopic (exact) mass is 399 g/mol. The molecule has 148 valence electrons. The predicted molar refractivity (Wildman–Crippen MR) is 111 cm³/mol. The van der Waals surface area contributed by atoms with E-state index in [1.807, 2.05) is 60.7 Å². The quantitative estimate of drug-likeness (QED) is 0.346. The number of para-hydroxylation sites is 1. The minimum Gasteiger partial charge on any atom is -0.460 e. The highest BCUT2D eigenvalue weighted by molar-refractivity contribution is 7.45. The Kier molecular flexibility index (Phi) is 8.04. The molecule has 0 bridgehead atoms. The Balaban J connectivity index is 1.53. The highest BCUT2D eigenvalue weighted by atomic mass is 31.2. The number of allylic oxidation sites excluding steroid dienone is 1. The van der Waals surface area contributed by atoms with Crippen molar-refractivity contribution in [3.05, 3.63) is 78.4 Å². The second-order valence-corrected chi connectivity index (χ2v) is 7.88. The van der Waals surface area contributed by atoms with Crippen molar-refractivity contribution in [2.24, 2.45) is 5.92 Å². The summed E-state index contributed by atoms with van der Waals surface area (Å²) in [5, 5.41) is 3.15. The lowest BCUT2D eigenvalue weighted by Gasteiger charge is -2.22. The van der Waals surface area contributed by atoms with Crippen LogP contribution in [0.3, 0.4) is 0 Å². The van der Waals surface area contributed by atoms with Crippen molar-refractivity contribution < 1.29 is 18.6 Å². The molecular formula is C22H26NO4P. The van der Waals surface area contributed by atoms with E-state index in [9.17, 15) is 4.79 Å². The summed E-state index contributed by atoms with van der Waals surface area (Å²) < 4.78 is 17.3. The zero-order valence-corrected chi connectivity index (χ0v) is 16.9. The zero-order valence-electron chi connectivity index (χ0n) is 16.0. The number of benzene rings is 2. The number of ether oxygens (including phenoxy) is 1. The Hall–Kier alpha value is -2.20. The van der Waals surface area contributed by atoms with E-state index in [2.05, 4.69) is 17.2 Å². The molecule has 0 fully saturated rings. The lowest BCUT2D eigenvalue weighted by molar-refractivity contribution is -0.146. The molecule has 1 aliphatic rings. The van der Waals surface area contributed by atoms with Gasteiger partial charge >= 0.3 is 14.5 Å². The summed E-state index contributed by atoms with van der Waals surface area (Å²) >= 11 is 0. The van der Waals surface area contributed by atoms with Gasteiger partial charge in [-0.3, -0.25) is 4.79 Å². The third-order valence-corrected chi connectivity index (χ3v) is 5.68. The van der Waals surface area contributed by atoms with Crippen molar-refractivity contribution in [3.8, 4) is 5.75 Å². The van der Waals surface area contributed by atoms with Crippen LogP contribution in [-0.2, 0) is 20.7 Å². The zero-order chi connectivity index (χ0) is 19.6. The van der Waals surface area contributed by atoms with Crippen molar-refractivity contribution in [2.45, 2.75) is 32.4 Å². The Morgan fingerprint density at radius 3 is 2.54 bits per heavy atom. The first-order valence-electron chi connectivity index (χ1n) is 9.50. The number of esters is 1. The topological polar surface area (TPSA) is 56.8 Å². The third kappa shape index (κ3) is 6.75. The van der Waals surface area contributed by atoms with Gasteiger partial charge in [0.05, 0.1) is 6.61 Å². The lowest BCUT2D eigenvalue weighted by Crippen LogP contribution is -2.33. The van der Waals surface area contributed by atoms with Crippen LogP contribution in [0.25, 0.3) is 0 Å². The van der Waals surface area contributed by atoms with E-state index in [1.54, 1.807) is 6.92 Å². The third-order valence-electron chi connectivity index (χ3n) is 4.33. The summed E-state index contributed by atoms with van der Waals surface area (Å²) in [4.78, 5) is 12.4. The molecule has 0 aliphatic heterocycles. The van der Waals surface area contributed by atoms with Gasteiger partial charge in [-0.05, 0) is 37.5 Å². The van der Waals surface area contributed by atoms with Crippen LogP contribution in [0.4, 0.5) is 0 Å². The number of hydrogen-bond donors (Lipinski definition) is 1. The van der Waals surface area contributed by atoms with Crippen molar-refractivity contribution >= 4 is 14.5 Å². The molecule has 2 aromatic rings. The Morgan fingerprint density at radius 1 is 1.14 bits per heavy atom. The van der Waals surface area contributed by atoms with E-state index in [0.717, 1.165) is 18.4 Å². The smallest absolute Gasteiger partial charge is 0.323 e. The molecule has 0 spiro atoms. The molecule has 0 aromatic heterocycles. The number of hydrogen-bond acceptors (Lipinski definition) is 5. The highest BCUT2D eigenvalue weighted by Gasteiger charge is 2.24. The van der Waals surface area contributed by atoms with Crippen molar-refractivity contribution in [1.29, 1.82) is 0 Å². The molecule has 0 saturated carbocycles. The van der Waals surface area contributed by atoms with E-state index in [1.165, 1.54) is 0 Å². The predicted octanol–water partition coefficient (Wildman–Crippen LogP) is 5.00. The van der Waals surface area contributed by atoms with Crippen LogP contribution in [0.5, 0.6) is 5.75 Å². The molecule has 0 amide bonds. The SMILES string of the molecule is CC(NP(OC[C@H]1C=CCC1)Oc1ccccc1)C(=O)OCc1ccccc1. The van der Waals surface area contributed by atoms with Gasteiger partial charge in [-0.2, -0.15) is 0 Å². The molecule has 1 N–H and O–H groups in total. The minimum absolute atomic E-state index is 0.247. The van der Waals surface area contributed by atoms with Crippen molar-refractivity contribution in [3.63, 3.8) is 0 Å². The van der Waals surface area contributed by atoms with Gasteiger partial charge in [0.15, 0.2) is 0 Å². The highest BCUT2D eigenvalue weighted by Crippen LogP contribution is 2.37. The molecule has 2 unspecified atom stereocenters. The molecule has 28 heavy (non-hydrogen) atoms. The van der Waals surface area contributed by atoms with Crippen molar-refractivity contribution in [1.82, 2.24) is 5.09 Å². The summed E-state index contributed by atoms with van der Waals surface area (Å²) in [6.07, 6.45) is 6.52. The second kappa shape index (κ2) is 11.0. The molecule has 3 atom stereocenters. The maximum Gasteiger partial charge on any atom is 0.323 e. The Bertz CT molecular complexity index is 754. The summed E-state index contributed by atoms with van der Waals surface area (Å²) in [7, 11) is -1.47. The maximum atomic E-state index is 12.4. The minimum atomic E-state index is -1.47. The van der Waals surface area contributed by atoms with Gasteiger partial charge in [-0.15, -0.1) is 0 Å². The van der Waals surface area contributed by atoms with E-state index in [4.69, 9.17) is 13.8 Å². The van der Waals surface area contributed by atoms with Gasteiger partial charge in [0.1, 0.15) is 18.4 Å². The van der Waals surface area contributed by atoms with Crippen LogP contribution in [0.2, 0.25) is 0 Å². The molecule has 3 rings (SSSR count). The first-order chi connectivity index (χ1) is 13.7. The largest absolute Gasteiger partial charge is 0.460 e. The van der Waals surface area contributed by atoms with E-state index >= 15 is 0 Å². The summed E-state index contributed by atoms with van der Waals surface area (Å²) in [5.41, 5.74) is 0.954. The van der Waals surface area contributed by atoms with Crippen LogP contribution >= 0.6 is 8.53 Å². The first kappa shape index (κ1) is 20.5. The molecule has 0 radical (unpaired) electrons. The van der Waals surface area contributed by atoms with Gasteiger partial charge in [-0.25, -0.2) is 5.09 Å². The van der Waals surface area contributed by atoms with Crippen LogP contribution in [-0.4, -0.2) is 18.6 Å². The summed E-state index contributed by atoms with van der Waals surface area (Å²) in [5.74, 6) is 0.761. The fraction of sp³-hybridized carbons (Fsp3) is 0.318. The Morgan fingerprint density at radius 2 is 1.86 bits per heavy atom. The molecular weight excluding hydrogens is 373 g/mol. The van der Waals surface area contributed by atoms with Crippen LogP contribution in [0, 0.1) is 5.92 Å². The maximum absolute atomic E-state index is 12.4. The average Bonchev–Trinajstić information content (AvgIpc) is 3.25. The first-order valence-corrected chi connectivity index (χ1v) is 10.7. The summed E-state index contributed by atoms with van der Waals surface area (Å²) in [6.45, 7) is 2.57. The van der Waals surface area contributed by atoms with Crippen LogP contribution < -0.4 is 9.61 Å². The molecule has 6 heteroatoms. The average molecular weight is 399 g/mol. The molecule has 0 heterocycles. The van der Waals surface area contributed by atoms with Gasteiger partial charge in [-0.1, -0.05) is 60.7 Å². The summed E-state index contributed by atoms with van der Waals surface area (Å²) in [6, 6.07) is 18.5. The molecule has 1 aliphatic carbocycles. The van der Waals surface area contributed by atoms with Crippen LogP contribution in [0.15, 0.2) is 72.8 Å². The fourth-order valence-corrected chi connectivity index (χ4v) is 3.97. The van der Waals surface area contributed by atoms with Gasteiger partial charge in [0, 0.05) is 5.92 Å². The Labute approximate surface area is 167 Å².